The topological polar surface area (TPSA) is 44.5 Å². The molecule has 24 heavy (non-hydrogen) atoms. The lowest BCUT2D eigenvalue weighted by atomic mass is 9.97. The van der Waals surface area contributed by atoms with Gasteiger partial charge in [0.25, 0.3) is 0 Å². The highest BCUT2D eigenvalue weighted by atomic mass is 19.1. The van der Waals surface area contributed by atoms with Gasteiger partial charge in [-0.25, -0.2) is 4.39 Å². The number of halogens is 1. The summed E-state index contributed by atoms with van der Waals surface area (Å²) in [6, 6.07) is 18.4. The zero-order chi connectivity index (χ0) is 16.9. The quantitative estimate of drug-likeness (QED) is 0.691. The summed E-state index contributed by atoms with van der Waals surface area (Å²) in [5, 5.41) is 1.52. The van der Waals surface area contributed by atoms with Crippen molar-refractivity contribution in [2.45, 2.75) is 12.5 Å². The molecule has 3 aromatic rings. The fraction of sp³-hybridized carbons (Fsp3) is 0.200. The van der Waals surface area contributed by atoms with Crippen LogP contribution in [0.5, 0.6) is 5.75 Å². The molecule has 3 aromatic carbocycles. The Morgan fingerprint density at radius 1 is 1.04 bits per heavy atom. The summed E-state index contributed by atoms with van der Waals surface area (Å²) in [5.74, 6) is 0.485. The summed E-state index contributed by atoms with van der Waals surface area (Å²) in [5.41, 5.74) is 7.80. The van der Waals surface area contributed by atoms with Crippen LogP contribution in [0.25, 0.3) is 10.8 Å². The molecule has 0 aliphatic carbocycles. The second kappa shape index (κ2) is 7.43. The lowest BCUT2D eigenvalue weighted by Crippen LogP contribution is -2.14. The second-order valence-electron chi connectivity index (χ2n) is 5.69. The molecule has 0 radical (unpaired) electrons. The van der Waals surface area contributed by atoms with Crippen LogP contribution in [0.2, 0.25) is 0 Å². The molecule has 0 saturated heterocycles. The van der Waals surface area contributed by atoms with Gasteiger partial charge < -0.3 is 15.2 Å². The van der Waals surface area contributed by atoms with Crippen molar-refractivity contribution in [2.24, 2.45) is 5.73 Å². The van der Waals surface area contributed by atoms with Crippen LogP contribution >= 0.6 is 0 Å². The van der Waals surface area contributed by atoms with Crippen molar-refractivity contribution in [1.82, 2.24) is 0 Å². The highest BCUT2D eigenvalue weighted by Gasteiger charge is 2.13. The molecule has 4 heteroatoms. The maximum Gasteiger partial charge on any atom is 0.188 e. The lowest BCUT2D eigenvalue weighted by molar-refractivity contribution is 0.0510. The number of hydrogen-bond donors (Lipinski definition) is 1. The minimum atomic E-state index is -0.313. The predicted octanol–water partition coefficient (Wildman–Crippen LogP) is 4.20. The van der Waals surface area contributed by atoms with Gasteiger partial charge in [-0.15, -0.1) is 0 Å². The first-order valence-corrected chi connectivity index (χ1v) is 7.82. The standard InChI is InChI=1S/C20H20FNO2/c1-23-13-24-17-7-4-6-15(11-17)19(22)12-16-10-9-14-5-2-3-8-18(14)20(16)21/h2-11,19H,12-13,22H2,1H3. The summed E-state index contributed by atoms with van der Waals surface area (Å²) in [7, 11) is 1.57. The number of methoxy groups -OCH3 is 1. The Labute approximate surface area is 140 Å². The zero-order valence-electron chi connectivity index (χ0n) is 13.5. The molecule has 0 spiro atoms. The summed E-state index contributed by atoms with van der Waals surface area (Å²) >= 11 is 0. The van der Waals surface area contributed by atoms with E-state index in [1.807, 2.05) is 54.6 Å². The van der Waals surface area contributed by atoms with Crippen molar-refractivity contribution < 1.29 is 13.9 Å². The van der Waals surface area contributed by atoms with Crippen LogP contribution in [-0.2, 0) is 11.2 Å². The maximum atomic E-state index is 14.7. The number of ether oxygens (including phenoxy) is 2. The van der Waals surface area contributed by atoms with Gasteiger partial charge in [-0.05, 0) is 35.1 Å². The van der Waals surface area contributed by atoms with Crippen molar-refractivity contribution in [3.05, 3.63) is 77.6 Å². The van der Waals surface area contributed by atoms with Gasteiger partial charge in [-0.1, -0.05) is 48.5 Å². The highest BCUT2D eigenvalue weighted by Crippen LogP contribution is 2.26. The number of rotatable bonds is 6. The van der Waals surface area contributed by atoms with Gasteiger partial charge in [0.15, 0.2) is 6.79 Å². The van der Waals surface area contributed by atoms with E-state index >= 15 is 0 Å². The predicted molar refractivity (Wildman–Crippen MR) is 93.5 cm³/mol. The Morgan fingerprint density at radius 2 is 1.88 bits per heavy atom. The molecular formula is C20H20FNO2. The van der Waals surface area contributed by atoms with E-state index in [-0.39, 0.29) is 18.7 Å². The molecule has 0 amide bonds. The fourth-order valence-corrected chi connectivity index (χ4v) is 2.75. The Kier molecular flexibility index (Phi) is 5.08. The molecule has 1 unspecified atom stereocenters. The zero-order valence-corrected chi connectivity index (χ0v) is 13.5. The molecule has 2 N–H and O–H groups in total. The SMILES string of the molecule is COCOc1cccc(C(N)Cc2ccc3ccccc3c2F)c1. The van der Waals surface area contributed by atoms with Crippen molar-refractivity contribution in [3.63, 3.8) is 0 Å². The Morgan fingerprint density at radius 3 is 2.71 bits per heavy atom. The number of hydrogen-bond acceptors (Lipinski definition) is 3. The second-order valence-corrected chi connectivity index (χ2v) is 5.69. The van der Waals surface area contributed by atoms with Gasteiger partial charge in [-0.2, -0.15) is 0 Å². The molecule has 0 aliphatic heterocycles. The molecule has 0 bridgehead atoms. The minimum absolute atomic E-state index is 0.179. The van der Waals surface area contributed by atoms with Crippen LogP contribution < -0.4 is 10.5 Å². The Balaban J connectivity index is 1.82. The van der Waals surface area contributed by atoms with Crippen LogP contribution in [0.3, 0.4) is 0 Å². The monoisotopic (exact) mass is 325 g/mol. The third-order valence-corrected chi connectivity index (χ3v) is 4.01. The first-order valence-electron chi connectivity index (χ1n) is 7.82. The van der Waals surface area contributed by atoms with Gasteiger partial charge in [0.1, 0.15) is 11.6 Å². The smallest absolute Gasteiger partial charge is 0.188 e. The van der Waals surface area contributed by atoms with Crippen LogP contribution in [-0.4, -0.2) is 13.9 Å². The van der Waals surface area contributed by atoms with E-state index in [0.717, 1.165) is 10.9 Å². The third kappa shape index (κ3) is 3.55. The summed E-state index contributed by atoms with van der Waals surface area (Å²) in [6.45, 7) is 0.179. The van der Waals surface area contributed by atoms with Crippen LogP contribution in [0.1, 0.15) is 17.2 Å². The van der Waals surface area contributed by atoms with Crippen LogP contribution in [0.4, 0.5) is 4.39 Å². The van der Waals surface area contributed by atoms with Gasteiger partial charge in [0.05, 0.1) is 0 Å². The van der Waals surface area contributed by atoms with E-state index < -0.39 is 0 Å². The average molecular weight is 325 g/mol. The van der Waals surface area contributed by atoms with E-state index in [0.29, 0.717) is 23.1 Å². The number of fused-ring (bicyclic) bond motifs is 1. The van der Waals surface area contributed by atoms with Crippen LogP contribution in [0.15, 0.2) is 60.7 Å². The van der Waals surface area contributed by atoms with E-state index in [1.54, 1.807) is 13.2 Å². The van der Waals surface area contributed by atoms with Crippen molar-refractivity contribution in [3.8, 4) is 5.75 Å². The largest absolute Gasteiger partial charge is 0.468 e. The van der Waals surface area contributed by atoms with Gasteiger partial charge in [0, 0.05) is 18.5 Å². The fourth-order valence-electron chi connectivity index (χ4n) is 2.75. The number of nitrogens with two attached hydrogens (primary N) is 1. The van der Waals surface area contributed by atoms with Crippen molar-refractivity contribution >= 4 is 10.8 Å². The minimum Gasteiger partial charge on any atom is -0.468 e. The third-order valence-electron chi connectivity index (χ3n) is 4.01. The van der Waals surface area contributed by atoms with E-state index in [9.17, 15) is 4.39 Å². The molecule has 124 valence electrons. The first kappa shape index (κ1) is 16.4. The van der Waals surface area contributed by atoms with Gasteiger partial charge in [0.2, 0.25) is 0 Å². The van der Waals surface area contributed by atoms with Crippen molar-refractivity contribution in [1.29, 1.82) is 0 Å². The highest BCUT2D eigenvalue weighted by molar-refractivity contribution is 5.83. The summed E-state index contributed by atoms with van der Waals surface area (Å²) in [6.07, 6.45) is 0.421. The summed E-state index contributed by atoms with van der Waals surface area (Å²) < 4.78 is 25.0. The van der Waals surface area contributed by atoms with E-state index in [1.165, 1.54) is 0 Å². The lowest BCUT2D eigenvalue weighted by Gasteiger charge is -2.15. The molecule has 0 aromatic heterocycles. The van der Waals surface area contributed by atoms with Crippen LogP contribution in [0, 0.1) is 5.82 Å². The normalized spacial score (nSPS) is 12.3. The molecule has 3 nitrogen and oxygen atoms in total. The van der Waals surface area contributed by atoms with E-state index in [4.69, 9.17) is 15.2 Å². The molecule has 0 fully saturated rings. The Hall–Kier alpha value is -2.43. The first-order chi connectivity index (χ1) is 11.7. The molecule has 0 heterocycles. The molecular weight excluding hydrogens is 305 g/mol. The van der Waals surface area contributed by atoms with Gasteiger partial charge >= 0.3 is 0 Å². The van der Waals surface area contributed by atoms with Gasteiger partial charge in [-0.3, -0.25) is 0 Å². The Bertz CT molecular complexity index is 835. The molecule has 1 atom stereocenters. The van der Waals surface area contributed by atoms with Crippen molar-refractivity contribution in [2.75, 3.05) is 13.9 Å². The molecule has 0 aliphatic rings. The molecule has 3 rings (SSSR count). The molecule has 0 saturated carbocycles. The average Bonchev–Trinajstić information content (AvgIpc) is 2.62. The van der Waals surface area contributed by atoms with E-state index in [2.05, 4.69) is 0 Å². The maximum absolute atomic E-state index is 14.7. The number of benzene rings is 3. The summed E-state index contributed by atoms with van der Waals surface area (Å²) in [4.78, 5) is 0.